The number of benzene rings is 1. The number of nitrogens with two attached hydrogens (primary N) is 1. The smallest absolute Gasteiger partial charge is 0.164 e. The van der Waals surface area contributed by atoms with Crippen LogP contribution in [0.3, 0.4) is 0 Å². The van der Waals surface area contributed by atoms with Gasteiger partial charge in [-0.1, -0.05) is 6.92 Å². The van der Waals surface area contributed by atoms with Crippen LogP contribution in [0.2, 0.25) is 0 Å². The summed E-state index contributed by atoms with van der Waals surface area (Å²) in [6.07, 6.45) is 1.32. The van der Waals surface area contributed by atoms with Gasteiger partial charge in [0, 0.05) is 17.5 Å². The van der Waals surface area contributed by atoms with Crippen LogP contribution in [-0.2, 0) is 0 Å². The molecule has 0 aromatic heterocycles. The molecular weight excluding hydrogens is 214 g/mol. The van der Waals surface area contributed by atoms with Crippen molar-refractivity contribution in [1.29, 1.82) is 0 Å². The summed E-state index contributed by atoms with van der Waals surface area (Å²) in [5, 5.41) is 0. The minimum atomic E-state index is -0.464. The van der Waals surface area contributed by atoms with E-state index in [9.17, 15) is 4.79 Å². The van der Waals surface area contributed by atoms with E-state index >= 15 is 0 Å². The SMILES string of the molecule is CCCOc1ccc(C(=O)CC(C)(C)N)cc1. The van der Waals surface area contributed by atoms with Gasteiger partial charge in [0.2, 0.25) is 0 Å². The molecule has 0 radical (unpaired) electrons. The van der Waals surface area contributed by atoms with Crippen LogP contribution >= 0.6 is 0 Å². The third-order valence-electron chi connectivity index (χ3n) is 2.27. The molecule has 3 heteroatoms. The first-order valence-corrected chi connectivity index (χ1v) is 5.97. The molecule has 0 fully saturated rings. The normalized spacial score (nSPS) is 11.3. The van der Waals surface area contributed by atoms with E-state index < -0.39 is 5.54 Å². The standard InChI is InChI=1S/C14H21NO2/c1-4-9-17-12-7-5-11(6-8-12)13(16)10-14(2,3)15/h5-8H,4,9-10,15H2,1-3H3. The van der Waals surface area contributed by atoms with E-state index in [2.05, 4.69) is 6.92 Å². The summed E-state index contributed by atoms with van der Waals surface area (Å²) in [5.74, 6) is 0.870. The summed E-state index contributed by atoms with van der Waals surface area (Å²) < 4.78 is 5.45. The van der Waals surface area contributed by atoms with Crippen LogP contribution < -0.4 is 10.5 Å². The Balaban J connectivity index is 2.64. The molecule has 0 atom stereocenters. The number of rotatable bonds is 6. The first kappa shape index (κ1) is 13.7. The molecule has 0 aliphatic rings. The topological polar surface area (TPSA) is 52.3 Å². The van der Waals surface area contributed by atoms with Crippen LogP contribution in [0.4, 0.5) is 0 Å². The summed E-state index contributed by atoms with van der Waals surface area (Å²) >= 11 is 0. The third-order valence-corrected chi connectivity index (χ3v) is 2.27. The Morgan fingerprint density at radius 3 is 2.35 bits per heavy atom. The van der Waals surface area contributed by atoms with E-state index in [1.807, 2.05) is 26.0 Å². The van der Waals surface area contributed by atoms with Crippen molar-refractivity contribution in [1.82, 2.24) is 0 Å². The molecule has 0 saturated heterocycles. The lowest BCUT2D eigenvalue weighted by molar-refractivity contribution is 0.0960. The number of carbonyl (C=O) groups is 1. The molecule has 0 spiro atoms. The summed E-state index contributed by atoms with van der Waals surface area (Å²) in [6.45, 7) is 6.46. The Labute approximate surface area is 103 Å². The molecule has 1 rings (SSSR count). The summed E-state index contributed by atoms with van der Waals surface area (Å²) in [4.78, 5) is 11.9. The number of ketones is 1. The Hall–Kier alpha value is -1.35. The number of carbonyl (C=O) groups excluding carboxylic acids is 1. The first-order chi connectivity index (χ1) is 7.92. The zero-order chi connectivity index (χ0) is 12.9. The van der Waals surface area contributed by atoms with Crippen LogP contribution in [-0.4, -0.2) is 17.9 Å². The van der Waals surface area contributed by atoms with E-state index in [1.165, 1.54) is 0 Å². The molecule has 0 aliphatic heterocycles. The molecule has 94 valence electrons. The predicted octanol–water partition coefficient (Wildman–Crippen LogP) is 2.79. The van der Waals surface area contributed by atoms with Crippen LogP contribution in [0, 0.1) is 0 Å². The van der Waals surface area contributed by atoms with E-state index in [1.54, 1.807) is 12.1 Å². The second-order valence-electron chi connectivity index (χ2n) is 4.96. The highest BCUT2D eigenvalue weighted by atomic mass is 16.5. The van der Waals surface area contributed by atoms with E-state index in [0.717, 1.165) is 12.2 Å². The Morgan fingerprint density at radius 2 is 1.88 bits per heavy atom. The fraction of sp³-hybridized carbons (Fsp3) is 0.500. The summed E-state index contributed by atoms with van der Waals surface area (Å²) in [6, 6.07) is 7.23. The molecule has 0 heterocycles. The Kier molecular flexibility index (Phi) is 4.70. The molecule has 2 N–H and O–H groups in total. The van der Waals surface area contributed by atoms with Gasteiger partial charge < -0.3 is 10.5 Å². The molecule has 0 amide bonds. The number of hydrogen-bond acceptors (Lipinski definition) is 3. The highest BCUT2D eigenvalue weighted by Gasteiger charge is 2.17. The van der Waals surface area contributed by atoms with Crippen molar-refractivity contribution in [3.05, 3.63) is 29.8 Å². The lowest BCUT2D eigenvalue weighted by Gasteiger charge is -2.17. The quantitative estimate of drug-likeness (QED) is 0.771. The minimum Gasteiger partial charge on any atom is -0.494 e. The highest BCUT2D eigenvalue weighted by Crippen LogP contribution is 2.16. The predicted molar refractivity (Wildman–Crippen MR) is 69.4 cm³/mol. The maximum Gasteiger partial charge on any atom is 0.164 e. The monoisotopic (exact) mass is 235 g/mol. The first-order valence-electron chi connectivity index (χ1n) is 5.97. The summed E-state index contributed by atoms with van der Waals surface area (Å²) in [5.41, 5.74) is 6.05. The number of Topliss-reactive ketones (excluding diaryl/α,β-unsaturated/α-hetero) is 1. The van der Waals surface area contributed by atoms with Gasteiger partial charge in [-0.05, 0) is 44.5 Å². The molecule has 0 unspecified atom stereocenters. The van der Waals surface area contributed by atoms with E-state index in [-0.39, 0.29) is 5.78 Å². The lowest BCUT2D eigenvalue weighted by atomic mass is 9.95. The molecule has 1 aromatic carbocycles. The van der Waals surface area contributed by atoms with Crippen molar-refractivity contribution < 1.29 is 9.53 Å². The number of hydrogen-bond donors (Lipinski definition) is 1. The molecular formula is C14H21NO2. The number of ether oxygens (including phenoxy) is 1. The van der Waals surface area contributed by atoms with Crippen LogP contribution in [0.25, 0.3) is 0 Å². The van der Waals surface area contributed by atoms with Crippen molar-refractivity contribution in [2.45, 2.75) is 39.2 Å². The van der Waals surface area contributed by atoms with Gasteiger partial charge >= 0.3 is 0 Å². The van der Waals surface area contributed by atoms with Gasteiger partial charge in [0.15, 0.2) is 5.78 Å². The fourth-order valence-corrected chi connectivity index (χ4v) is 1.47. The van der Waals surface area contributed by atoms with Gasteiger partial charge in [-0.25, -0.2) is 0 Å². The molecule has 17 heavy (non-hydrogen) atoms. The third kappa shape index (κ3) is 5.00. The van der Waals surface area contributed by atoms with Crippen molar-refractivity contribution >= 4 is 5.78 Å². The van der Waals surface area contributed by atoms with Gasteiger partial charge in [-0.3, -0.25) is 4.79 Å². The highest BCUT2D eigenvalue weighted by molar-refractivity contribution is 5.96. The molecule has 3 nitrogen and oxygen atoms in total. The molecule has 0 bridgehead atoms. The zero-order valence-electron chi connectivity index (χ0n) is 10.8. The van der Waals surface area contributed by atoms with Gasteiger partial charge in [-0.15, -0.1) is 0 Å². The van der Waals surface area contributed by atoms with Gasteiger partial charge in [0.05, 0.1) is 6.61 Å². The lowest BCUT2D eigenvalue weighted by Crippen LogP contribution is -2.34. The average molecular weight is 235 g/mol. The zero-order valence-corrected chi connectivity index (χ0v) is 10.8. The fourth-order valence-electron chi connectivity index (χ4n) is 1.47. The average Bonchev–Trinajstić information content (AvgIpc) is 2.24. The van der Waals surface area contributed by atoms with Crippen molar-refractivity contribution in [2.75, 3.05) is 6.61 Å². The summed E-state index contributed by atoms with van der Waals surface area (Å²) in [7, 11) is 0. The Bertz CT molecular complexity index is 363. The maximum absolute atomic E-state index is 11.9. The van der Waals surface area contributed by atoms with Crippen molar-refractivity contribution in [3.63, 3.8) is 0 Å². The van der Waals surface area contributed by atoms with Crippen LogP contribution in [0.5, 0.6) is 5.75 Å². The van der Waals surface area contributed by atoms with Gasteiger partial charge in [0.25, 0.3) is 0 Å². The van der Waals surface area contributed by atoms with E-state index in [4.69, 9.17) is 10.5 Å². The van der Waals surface area contributed by atoms with E-state index in [0.29, 0.717) is 18.6 Å². The van der Waals surface area contributed by atoms with Crippen molar-refractivity contribution in [3.8, 4) is 5.75 Å². The largest absolute Gasteiger partial charge is 0.494 e. The van der Waals surface area contributed by atoms with Crippen LogP contribution in [0.1, 0.15) is 44.0 Å². The van der Waals surface area contributed by atoms with Crippen molar-refractivity contribution in [2.24, 2.45) is 5.73 Å². The second-order valence-corrected chi connectivity index (χ2v) is 4.96. The maximum atomic E-state index is 11.9. The second kappa shape index (κ2) is 5.82. The van der Waals surface area contributed by atoms with Gasteiger partial charge in [-0.2, -0.15) is 0 Å². The molecule has 1 aromatic rings. The minimum absolute atomic E-state index is 0.0690. The molecule has 0 saturated carbocycles. The van der Waals surface area contributed by atoms with Gasteiger partial charge in [0.1, 0.15) is 5.75 Å². The molecule has 0 aliphatic carbocycles. The Morgan fingerprint density at radius 1 is 1.29 bits per heavy atom. The van der Waals surface area contributed by atoms with Crippen LogP contribution in [0.15, 0.2) is 24.3 Å².